The van der Waals surface area contributed by atoms with Crippen LogP contribution in [0.3, 0.4) is 0 Å². The van der Waals surface area contributed by atoms with Crippen molar-refractivity contribution < 1.29 is 20.1 Å². The first-order chi connectivity index (χ1) is 5.57. The largest absolute Gasteiger partial charge is 0.506 e. The van der Waals surface area contributed by atoms with Crippen LogP contribution in [0.5, 0.6) is 23.0 Å². The molecule has 0 bridgehead atoms. The number of benzene rings is 1. The number of hydrogen-bond acceptors (Lipinski definition) is 4. The Bertz CT molecular complexity index is 311. The normalized spacial score (nSPS) is 9.83. The molecule has 12 heavy (non-hydrogen) atoms. The lowest BCUT2D eigenvalue weighted by molar-refractivity contribution is 0.340. The fourth-order valence-electron chi connectivity index (χ4n) is 0.802. The second-order valence-corrected chi connectivity index (χ2v) is 2.49. The molecule has 0 saturated carbocycles. The summed E-state index contributed by atoms with van der Waals surface area (Å²) >= 11 is 5.44. The number of ether oxygens (including phenoxy) is 1. The Morgan fingerprint density at radius 3 is 2.33 bits per heavy atom. The molecule has 0 amide bonds. The van der Waals surface area contributed by atoms with E-state index >= 15 is 0 Å². The van der Waals surface area contributed by atoms with E-state index in [0.717, 1.165) is 6.07 Å². The SMILES string of the molecule is COc1c(O)cc(O)c(Cl)c1O. The Kier molecular flexibility index (Phi) is 2.19. The van der Waals surface area contributed by atoms with Crippen LogP contribution in [0.1, 0.15) is 0 Å². The third kappa shape index (κ3) is 1.21. The molecule has 66 valence electrons. The Morgan fingerprint density at radius 2 is 1.83 bits per heavy atom. The molecule has 0 heterocycles. The Labute approximate surface area is 73.6 Å². The predicted molar refractivity (Wildman–Crippen MR) is 43.0 cm³/mol. The first-order valence-corrected chi connectivity index (χ1v) is 3.43. The summed E-state index contributed by atoms with van der Waals surface area (Å²) in [7, 11) is 1.27. The maximum absolute atomic E-state index is 9.18. The Morgan fingerprint density at radius 1 is 1.25 bits per heavy atom. The van der Waals surface area contributed by atoms with E-state index in [1.807, 2.05) is 0 Å². The molecule has 0 fully saturated rings. The highest BCUT2D eigenvalue weighted by molar-refractivity contribution is 6.33. The lowest BCUT2D eigenvalue weighted by Crippen LogP contribution is -1.85. The van der Waals surface area contributed by atoms with E-state index in [0.29, 0.717) is 0 Å². The molecule has 0 radical (unpaired) electrons. The van der Waals surface area contributed by atoms with Crippen LogP contribution < -0.4 is 4.74 Å². The summed E-state index contributed by atoms with van der Waals surface area (Å²) in [5.74, 6) is -1.39. The summed E-state index contributed by atoms with van der Waals surface area (Å²) in [5.41, 5.74) is 0. The van der Waals surface area contributed by atoms with Crippen LogP contribution in [0, 0.1) is 0 Å². The summed E-state index contributed by atoms with van der Waals surface area (Å²) in [6.07, 6.45) is 0. The number of methoxy groups -OCH3 is 1. The minimum absolute atomic E-state index is 0.155. The van der Waals surface area contributed by atoms with Gasteiger partial charge in [0.05, 0.1) is 7.11 Å². The molecule has 0 spiro atoms. The molecule has 1 aromatic rings. The zero-order chi connectivity index (χ0) is 9.30. The molecule has 0 aliphatic heterocycles. The lowest BCUT2D eigenvalue weighted by atomic mass is 10.3. The monoisotopic (exact) mass is 190 g/mol. The van der Waals surface area contributed by atoms with E-state index in [1.165, 1.54) is 7.11 Å². The highest BCUT2D eigenvalue weighted by Crippen LogP contribution is 2.45. The average molecular weight is 191 g/mol. The maximum atomic E-state index is 9.18. The van der Waals surface area contributed by atoms with Gasteiger partial charge < -0.3 is 20.1 Å². The van der Waals surface area contributed by atoms with Crippen molar-refractivity contribution >= 4 is 11.6 Å². The minimum Gasteiger partial charge on any atom is -0.506 e. The van der Waals surface area contributed by atoms with Gasteiger partial charge in [0.25, 0.3) is 0 Å². The van der Waals surface area contributed by atoms with Gasteiger partial charge in [-0.05, 0) is 0 Å². The average Bonchev–Trinajstić information content (AvgIpc) is 2.01. The van der Waals surface area contributed by atoms with Crippen molar-refractivity contribution in [2.45, 2.75) is 0 Å². The van der Waals surface area contributed by atoms with Gasteiger partial charge in [-0.2, -0.15) is 0 Å². The van der Waals surface area contributed by atoms with E-state index < -0.39 is 11.5 Å². The van der Waals surface area contributed by atoms with E-state index in [1.54, 1.807) is 0 Å². The number of rotatable bonds is 1. The van der Waals surface area contributed by atoms with Crippen LogP contribution in [0.25, 0.3) is 0 Å². The van der Waals surface area contributed by atoms with Crippen molar-refractivity contribution in [1.82, 2.24) is 0 Å². The van der Waals surface area contributed by atoms with Crippen molar-refractivity contribution in [3.63, 3.8) is 0 Å². The quantitative estimate of drug-likeness (QED) is 0.627. The van der Waals surface area contributed by atoms with E-state index in [9.17, 15) is 5.11 Å². The summed E-state index contributed by atoms with van der Waals surface area (Å²) in [4.78, 5) is 0. The summed E-state index contributed by atoms with van der Waals surface area (Å²) in [6, 6.07) is 0.987. The first-order valence-electron chi connectivity index (χ1n) is 3.05. The van der Waals surface area contributed by atoms with Gasteiger partial charge in [-0.15, -0.1) is 0 Å². The molecule has 0 unspecified atom stereocenters. The molecule has 0 saturated heterocycles. The minimum atomic E-state index is -0.475. The van der Waals surface area contributed by atoms with Gasteiger partial charge in [0, 0.05) is 6.07 Å². The van der Waals surface area contributed by atoms with Crippen molar-refractivity contribution in [3.8, 4) is 23.0 Å². The zero-order valence-electron chi connectivity index (χ0n) is 6.21. The van der Waals surface area contributed by atoms with Gasteiger partial charge in [-0.1, -0.05) is 11.6 Å². The molecular weight excluding hydrogens is 184 g/mol. The van der Waals surface area contributed by atoms with Gasteiger partial charge in [-0.25, -0.2) is 0 Å². The van der Waals surface area contributed by atoms with Gasteiger partial charge in [0.2, 0.25) is 5.75 Å². The first kappa shape index (κ1) is 8.80. The molecule has 1 rings (SSSR count). The number of halogens is 1. The van der Waals surface area contributed by atoms with Gasteiger partial charge in [-0.3, -0.25) is 0 Å². The van der Waals surface area contributed by atoms with Gasteiger partial charge in [0.1, 0.15) is 10.8 Å². The fraction of sp³-hybridized carbons (Fsp3) is 0.143. The summed E-state index contributed by atoms with van der Waals surface area (Å²) in [5, 5.41) is 27.0. The second kappa shape index (κ2) is 2.98. The van der Waals surface area contributed by atoms with Crippen molar-refractivity contribution in [2.24, 2.45) is 0 Å². The van der Waals surface area contributed by atoms with Crippen LogP contribution in [-0.2, 0) is 0 Å². The van der Waals surface area contributed by atoms with Crippen LogP contribution in [0.2, 0.25) is 5.02 Å². The molecule has 0 aromatic heterocycles. The summed E-state index contributed by atoms with van der Waals surface area (Å²) < 4.78 is 4.62. The van der Waals surface area contributed by atoms with Crippen LogP contribution in [0.15, 0.2) is 6.07 Å². The standard InChI is InChI=1S/C7H7ClO4/c1-12-7-4(10)2-3(9)5(8)6(7)11/h2,9-11H,1H3. The number of aromatic hydroxyl groups is 3. The van der Waals surface area contributed by atoms with Gasteiger partial charge >= 0.3 is 0 Å². The molecule has 0 aliphatic carbocycles. The topological polar surface area (TPSA) is 69.9 Å². The van der Waals surface area contributed by atoms with Crippen molar-refractivity contribution in [1.29, 1.82) is 0 Å². The van der Waals surface area contributed by atoms with Crippen LogP contribution >= 0.6 is 11.6 Å². The van der Waals surface area contributed by atoms with Crippen LogP contribution in [0.4, 0.5) is 0 Å². The molecule has 4 nitrogen and oxygen atoms in total. The molecule has 5 heteroatoms. The van der Waals surface area contributed by atoms with Crippen molar-refractivity contribution in [3.05, 3.63) is 11.1 Å². The number of hydrogen-bond donors (Lipinski definition) is 3. The second-order valence-electron chi connectivity index (χ2n) is 2.11. The third-order valence-corrected chi connectivity index (χ3v) is 1.73. The lowest BCUT2D eigenvalue weighted by Gasteiger charge is -2.07. The van der Waals surface area contributed by atoms with E-state index in [2.05, 4.69) is 4.74 Å². The van der Waals surface area contributed by atoms with E-state index in [4.69, 9.17) is 21.8 Å². The summed E-state index contributed by atoms with van der Waals surface area (Å²) in [6.45, 7) is 0. The smallest absolute Gasteiger partial charge is 0.204 e. The highest BCUT2D eigenvalue weighted by atomic mass is 35.5. The van der Waals surface area contributed by atoms with Gasteiger partial charge in [0.15, 0.2) is 11.5 Å². The molecule has 1 aromatic carbocycles. The van der Waals surface area contributed by atoms with Crippen molar-refractivity contribution in [2.75, 3.05) is 7.11 Å². The number of phenols is 3. The molecule has 0 atom stereocenters. The Balaban J connectivity index is 3.40. The molecule has 3 N–H and O–H groups in total. The maximum Gasteiger partial charge on any atom is 0.204 e. The number of phenolic OH excluding ortho intramolecular Hbond substituents is 3. The molecule has 0 aliphatic rings. The third-order valence-electron chi connectivity index (χ3n) is 1.36. The van der Waals surface area contributed by atoms with Crippen LogP contribution in [-0.4, -0.2) is 22.4 Å². The highest BCUT2D eigenvalue weighted by Gasteiger charge is 2.15. The zero-order valence-corrected chi connectivity index (χ0v) is 6.96. The fourth-order valence-corrected chi connectivity index (χ4v) is 0.942. The molecular formula is C7H7ClO4. The van der Waals surface area contributed by atoms with E-state index in [-0.39, 0.29) is 16.5 Å². The predicted octanol–water partition coefficient (Wildman–Crippen LogP) is 1.47. The Hall–Kier alpha value is -1.29.